The van der Waals surface area contributed by atoms with Crippen molar-refractivity contribution in [2.45, 2.75) is 40.7 Å². The first-order valence-corrected chi connectivity index (χ1v) is 7.65. The van der Waals surface area contributed by atoms with Gasteiger partial charge in [-0.3, -0.25) is 0 Å². The van der Waals surface area contributed by atoms with E-state index in [2.05, 4.69) is 0 Å². The van der Waals surface area contributed by atoms with Crippen LogP contribution in [0.15, 0.2) is 34.1 Å². The second-order valence-corrected chi connectivity index (χ2v) is 7.12. The summed E-state index contributed by atoms with van der Waals surface area (Å²) in [4.78, 5) is -0.163. The molecule has 2 atom stereocenters. The topological polar surface area (TPSA) is 54.4 Å². The Bertz CT molecular complexity index is 501. The van der Waals surface area contributed by atoms with Crippen molar-refractivity contribution in [2.75, 3.05) is 0 Å². The van der Waals surface area contributed by atoms with Crippen LogP contribution in [0.5, 0.6) is 0 Å². The van der Waals surface area contributed by atoms with Crippen LogP contribution in [0.3, 0.4) is 0 Å². The predicted molar refractivity (Wildman–Crippen MR) is 66.6 cm³/mol. The van der Waals surface area contributed by atoms with E-state index in [-0.39, 0.29) is 10.1 Å². The molecule has 2 unspecified atom stereocenters. The van der Waals surface area contributed by atoms with E-state index in [1.807, 2.05) is 0 Å². The molecule has 0 saturated carbocycles. The van der Waals surface area contributed by atoms with Gasteiger partial charge >= 0.3 is 5.76 Å². The number of aliphatic hydroxyl groups is 1. The summed E-state index contributed by atoms with van der Waals surface area (Å²) < 4.78 is 48.0. The molecule has 0 saturated heterocycles. The summed E-state index contributed by atoms with van der Waals surface area (Å²) in [6, 6.07) is 5.57. The third kappa shape index (κ3) is 3.43. The molecule has 102 valence electrons. The van der Waals surface area contributed by atoms with E-state index in [0.717, 1.165) is 17.8 Å². The monoisotopic (exact) mass is 296 g/mol. The molecule has 0 aliphatic rings. The van der Waals surface area contributed by atoms with Gasteiger partial charge in [0, 0.05) is 10.1 Å². The van der Waals surface area contributed by atoms with Gasteiger partial charge in [0.25, 0.3) is 0 Å². The van der Waals surface area contributed by atoms with Gasteiger partial charge in [-0.25, -0.2) is 8.42 Å². The summed E-state index contributed by atoms with van der Waals surface area (Å²) in [5.41, 5.74) is 0. The molecule has 18 heavy (non-hydrogen) atoms. The summed E-state index contributed by atoms with van der Waals surface area (Å²) in [5.74, 6) is -3.44. The fourth-order valence-electron chi connectivity index (χ4n) is 1.18. The molecule has 0 aliphatic carbocycles. The molecule has 0 amide bonds. The van der Waals surface area contributed by atoms with Crippen LogP contribution in [0.4, 0.5) is 8.78 Å². The predicted octanol–water partition coefficient (Wildman–Crippen LogP) is 2.54. The van der Waals surface area contributed by atoms with Gasteiger partial charge in [-0.15, -0.1) is 11.8 Å². The minimum atomic E-state index is -4.61. The summed E-state index contributed by atoms with van der Waals surface area (Å²) >= 11 is 1.06. The van der Waals surface area contributed by atoms with Crippen molar-refractivity contribution < 1.29 is 22.3 Å². The maximum Gasteiger partial charge on any atom is 0.341 e. The standard InChI is InChI=1S/C11H14F2O3S2/c1-7(14)8(2)17-9-5-3-4-6-10(9)18(15,16)11(12)13/h3-8,11,14H,1-2H3. The third-order valence-corrected chi connectivity index (χ3v) is 5.33. The number of halogens is 2. The van der Waals surface area contributed by atoms with Crippen LogP contribution in [0.25, 0.3) is 0 Å². The van der Waals surface area contributed by atoms with Crippen LogP contribution in [-0.4, -0.2) is 30.6 Å². The van der Waals surface area contributed by atoms with Gasteiger partial charge in [0.15, 0.2) is 0 Å². The number of rotatable bonds is 5. The van der Waals surface area contributed by atoms with Crippen molar-refractivity contribution in [1.29, 1.82) is 0 Å². The van der Waals surface area contributed by atoms with Crippen LogP contribution >= 0.6 is 11.8 Å². The molecule has 0 fully saturated rings. The highest BCUT2D eigenvalue weighted by Crippen LogP contribution is 2.33. The van der Waals surface area contributed by atoms with Crippen LogP contribution in [0, 0.1) is 0 Å². The van der Waals surface area contributed by atoms with Crippen molar-refractivity contribution in [2.24, 2.45) is 0 Å². The molecule has 0 bridgehead atoms. The molecule has 0 spiro atoms. The van der Waals surface area contributed by atoms with Gasteiger partial charge in [0.1, 0.15) is 0 Å². The first kappa shape index (κ1) is 15.4. The Balaban J connectivity index is 3.16. The van der Waals surface area contributed by atoms with Crippen LogP contribution in [-0.2, 0) is 9.84 Å². The Morgan fingerprint density at radius 2 is 1.78 bits per heavy atom. The molecule has 0 aliphatic heterocycles. The Morgan fingerprint density at radius 1 is 1.22 bits per heavy atom. The second kappa shape index (κ2) is 5.99. The molecule has 0 aromatic heterocycles. The molecule has 0 heterocycles. The van der Waals surface area contributed by atoms with Crippen molar-refractivity contribution in [3.05, 3.63) is 24.3 Å². The maximum atomic E-state index is 12.5. The number of benzene rings is 1. The largest absolute Gasteiger partial charge is 0.392 e. The normalized spacial score (nSPS) is 15.7. The van der Waals surface area contributed by atoms with E-state index in [1.54, 1.807) is 19.9 Å². The Hall–Kier alpha value is -0.660. The molecular formula is C11H14F2O3S2. The van der Waals surface area contributed by atoms with Crippen LogP contribution < -0.4 is 0 Å². The van der Waals surface area contributed by atoms with Gasteiger partial charge in [0.05, 0.1) is 11.0 Å². The fraction of sp³-hybridized carbons (Fsp3) is 0.455. The van der Waals surface area contributed by atoms with Gasteiger partial charge in [-0.05, 0) is 19.1 Å². The van der Waals surface area contributed by atoms with Crippen molar-refractivity contribution in [1.82, 2.24) is 0 Å². The molecule has 1 N–H and O–H groups in total. The molecule has 1 rings (SSSR count). The second-order valence-electron chi connectivity index (χ2n) is 3.82. The van der Waals surface area contributed by atoms with Crippen molar-refractivity contribution in [3.8, 4) is 0 Å². The lowest BCUT2D eigenvalue weighted by atomic mass is 10.3. The summed E-state index contributed by atoms with van der Waals surface area (Å²) in [5, 5.41) is 9.07. The highest BCUT2D eigenvalue weighted by molar-refractivity contribution is 8.00. The van der Waals surface area contributed by atoms with E-state index < -0.39 is 26.6 Å². The minimum absolute atomic E-state index is 0.228. The number of sulfone groups is 1. The number of thioether (sulfide) groups is 1. The Labute approximate surface area is 109 Å². The van der Waals surface area contributed by atoms with E-state index in [4.69, 9.17) is 0 Å². The van der Waals surface area contributed by atoms with E-state index >= 15 is 0 Å². The smallest absolute Gasteiger partial charge is 0.341 e. The van der Waals surface area contributed by atoms with Gasteiger partial charge in [-0.1, -0.05) is 19.1 Å². The SMILES string of the molecule is CC(O)C(C)Sc1ccccc1S(=O)(=O)C(F)F. The number of aliphatic hydroxyl groups excluding tert-OH is 1. The number of hydrogen-bond donors (Lipinski definition) is 1. The van der Waals surface area contributed by atoms with E-state index in [0.29, 0.717) is 0 Å². The summed E-state index contributed by atoms with van der Waals surface area (Å²) in [6.07, 6.45) is -0.669. The molecule has 1 aromatic rings. The zero-order chi connectivity index (χ0) is 13.9. The number of alkyl halides is 2. The molecule has 1 aromatic carbocycles. The van der Waals surface area contributed by atoms with Gasteiger partial charge in [-0.2, -0.15) is 8.78 Å². The lowest BCUT2D eigenvalue weighted by molar-refractivity contribution is 0.196. The van der Waals surface area contributed by atoms with E-state index in [9.17, 15) is 22.3 Å². The average Bonchev–Trinajstić information content (AvgIpc) is 2.29. The third-order valence-electron chi connectivity index (χ3n) is 2.38. The molecule has 0 radical (unpaired) electrons. The lowest BCUT2D eigenvalue weighted by Gasteiger charge is -2.16. The van der Waals surface area contributed by atoms with Gasteiger partial charge in [0.2, 0.25) is 9.84 Å². The highest BCUT2D eigenvalue weighted by atomic mass is 32.2. The lowest BCUT2D eigenvalue weighted by Crippen LogP contribution is -2.17. The molecule has 3 nitrogen and oxygen atoms in total. The van der Waals surface area contributed by atoms with Crippen LogP contribution in [0.2, 0.25) is 0 Å². The highest BCUT2D eigenvalue weighted by Gasteiger charge is 2.29. The zero-order valence-electron chi connectivity index (χ0n) is 9.88. The van der Waals surface area contributed by atoms with Gasteiger partial charge < -0.3 is 5.11 Å². The Morgan fingerprint density at radius 3 is 2.28 bits per heavy atom. The molecular weight excluding hydrogens is 282 g/mol. The average molecular weight is 296 g/mol. The summed E-state index contributed by atoms with van der Waals surface area (Å²) in [7, 11) is -4.61. The first-order valence-electron chi connectivity index (χ1n) is 5.22. The Kier molecular flexibility index (Phi) is 5.12. The van der Waals surface area contributed by atoms with Crippen molar-refractivity contribution >= 4 is 21.6 Å². The summed E-state index contributed by atoms with van der Waals surface area (Å²) in [6.45, 7) is 3.25. The van der Waals surface area contributed by atoms with E-state index in [1.165, 1.54) is 12.1 Å². The quantitative estimate of drug-likeness (QED) is 0.848. The maximum absolute atomic E-state index is 12.5. The fourth-order valence-corrected chi connectivity index (χ4v) is 3.42. The zero-order valence-corrected chi connectivity index (χ0v) is 11.5. The first-order chi connectivity index (χ1) is 8.26. The molecule has 7 heteroatoms. The minimum Gasteiger partial charge on any atom is -0.392 e. The van der Waals surface area contributed by atoms with Crippen LogP contribution in [0.1, 0.15) is 13.8 Å². The van der Waals surface area contributed by atoms with Crippen molar-refractivity contribution in [3.63, 3.8) is 0 Å². The number of hydrogen-bond acceptors (Lipinski definition) is 4.